The summed E-state index contributed by atoms with van der Waals surface area (Å²) < 4.78 is 4.75. The van der Waals surface area contributed by atoms with E-state index in [1.54, 1.807) is 7.11 Å². The molecule has 0 amide bonds. The Morgan fingerprint density at radius 1 is 1.50 bits per heavy atom. The minimum Gasteiger partial charge on any atom is -1.00 e. The Labute approximate surface area is 58.2 Å². The molecule has 0 aromatic carbocycles. The van der Waals surface area contributed by atoms with Gasteiger partial charge in [-0.25, -0.2) is 0 Å². The number of ether oxygens (including phenoxy) is 1. The number of hydrogen-bond donors (Lipinski definition) is 0. The molecule has 0 aromatic rings. The molecule has 0 rings (SSSR count). The Morgan fingerprint density at radius 3 is 1.67 bits per heavy atom. The fourth-order valence-corrected chi connectivity index (χ4v) is 0. The summed E-state index contributed by atoms with van der Waals surface area (Å²) in [7, 11) is 1.70. The summed E-state index contributed by atoms with van der Waals surface area (Å²) in [6.45, 7) is 4.00. The van der Waals surface area contributed by atoms with Crippen molar-refractivity contribution in [3.63, 3.8) is 0 Å². The number of rotatable bonds is 1. The normalized spacial score (nSPS) is 8.00. The third-order valence-corrected chi connectivity index (χ3v) is 0.471. The molecule has 2 heteroatoms. The van der Waals surface area contributed by atoms with E-state index in [0.29, 0.717) is 6.10 Å². The van der Waals surface area contributed by atoms with Crippen LogP contribution in [0, 0.1) is 0 Å². The Balaban J connectivity index is -0.0000000267. The summed E-state index contributed by atoms with van der Waals surface area (Å²) in [5.41, 5.74) is 0. The smallest absolute Gasteiger partial charge is 1.00 e. The third kappa shape index (κ3) is 8.83. The molecule has 0 aliphatic heterocycles. The standard InChI is InChI=1S/C4H10O.Mg.2H/c1-4(2)5-3;;;/h4H,1-3H3;;;/q;+2;2*-1. The second kappa shape index (κ2) is 5.73. The first-order valence-electron chi connectivity index (χ1n) is 1.80. The van der Waals surface area contributed by atoms with Gasteiger partial charge >= 0.3 is 23.1 Å². The van der Waals surface area contributed by atoms with Crippen molar-refractivity contribution in [3.05, 3.63) is 0 Å². The number of methoxy groups -OCH3 is 1. The van der Waals surface area contributed by atoms with E-state index in [9.17, 15) is 0 Å². The molecule has 6 heavy (non-hydrogen) atoms. The molecule has 0 aromatic heterocycles. The zero-order chi connectivity index (χ0) is 4.28. The van der Waals surface area contributed by atoms with E-state index in [0.717, 1.165) is 0 Å². The zero-order valence-corrected chi connectivity index (χ0v) is 6.11. The van der Waals surface area contributed by atoms with Crippen molar-refractivity contribution in [2.45, 2.75) is 20.0 Å². The molecule has 0 spiro atoms. The van der Waals surface area contributed by atoms with Crippen molar-refractivity contribution in [3.8, 4) is 0 Å². The monoisotopic (exact) mass is 100 g/mol. The maximum Gasteiger partial charge on any atom is 2.00 e. The first-order chi connectivity index (χ1) is 2.27. The van der Waals surface area contributed by atoms with Gasteiger partial charge in [-0.15, -0.1) is 0 Å². The Hall–Kier alpha value is 0.726. The van der Waals surface area contributed by atoms with E-state index < -0.39 is 0 Å². The first-order valence-corrected chi connectivity index (χ1v) is 1.80. The molecule has 0 saturated heterocycles. The van der Waals surface area contributed by atoms with E-state index in [2.05, 4.69) is 0 Å². The Bertz CT molecular complexity index is 28.0. The van der Waals surface area contributed by atoms with Gasteiger partial charge in [-0.1, -0.05) is 0 Å². The van der Waals surface area contributed by atoms with Gasteiger partial charge in [0.2, 0.25) is 0 Å². The molecule has 1 nitrogen and oxygen atoms in total. The van der Waals surface area contributed by atoms with Crippen molar-refractivity contribution < 1.29 is 7.59 Å². The van der Waals surface area contributed by atoms with Crippen molar-refractivity contribution in [1.82, 2.24) is 0 Å². The van der Waals surface area contributed by atoms with Crippen LogP contribution in [0.1, 0.15) is 16.7 Å². The zero-order valence-electron chi connectivity index (χ0n) is 6.69. The fourth-order valence-electron chi connectivity index (χ4n) is 0. The van der Waals surface area contributed by atoms with Crippen LogP contribution >= 0.6 is 0 Å². The summed E-state index contributed by atoms with van der Waals surface area (Å²) >= 11 is 0. The molecule has 0 radical (unpaired) electrons. The minimum absolute atomic E-state index is 0. The third-order valence-electron chi connectivity index (χ3n) is 0.471. The average molecular weight is 100 g/mol. The molecule has 0 aliphatic rings. The van der Waals surface area contributed by atoms with Gasteiger partial charge in [0, 0.05) is 7.11 Å². The Morgan fingerprint density at radius 2 is 1.67 bits per heavy atom. The largest absolute Gasteiger partial charge is 2.00 e. The average Bonchev–Trinajstić information content (AvgIpc) is 1.38. The number of hydrogen-bond acceptors (Lipinski definition) is 1. The van der Waals surface area contributed by atoms with Crippen LogP contribution in [0.2, 0.25) is 0 Å². The molecule has 0 bridgehead atoms. The van der Waals surface area contributed by atoms with Gasteiger partial charge < -0.3 is 7.59 Å². The van der Waals surface area contributed by atoms with Crippen LogP contribution in [-0.4, -0.2) is 36.3 Å². The van der Waals surface area contributed by atoms with Crippen LogP contribution in [0.25, 0.3) is 0 Å². The van der Waals surface area contributed by atoms with Crippen LogP contribution in [0.4, 0.5) is 0 Å². The summed E-state index contributed by atoms with van der Waals surface area (Å²) in [5.74, 6) is 0. The van der Waals surface area contributed by atoms with Crippen molar-refractivity contribution >= 4 is 23.1 Å². The van der Waals surface area contributed by atoms with E-state index >= 15 is 0 Å². The second-order valence-electron chi connectivity index (χ2n) is 1.28. The van der Waals surface area contributed by atoms with Crippen molar-refractivity contribution in [2.24, 2.45) is 0 Å². The quantitative estimate of drug-likeness (QED) is 0.445. The van der Waals surface area contributed by atoms with Gasteiger partial charge in [0.05, 0.1) is 6.10 Å². The van der Waals surface area contributed by atoms with Gasteiger partial charge in [0.25, 0.3) is 0 Å². The van der Waals surface area contributed by atoms with Crippen LogP contribution in [-0.2, 0) is 4.74 Å². The van der Waals surface area contributed by atoms with Gasteiger partial charge in [-0.3, -0.25) is 0 Å². The molecule has 36 valence electrons. The topological polar surface area (TPSA) is 9.23 Å². The van der Waals surface area contributed by atoms with E-state index in [4.69, 9.17) is 4.74 Å². The molecular weight excluding hydrogens is 88.3 g/mol. The molecule has 0 N–H and O–H groups in total. The SMILES string of the molecule is COC(C)C.[H-].[H-].[Mg+2]. The van der Waals surface area contributed by atoms with Crippen LogP contribution < -0.4 is 0 Å². The molecule has 0 atom stereocenters. The predicted octanol–water partition coefficient (Wildman–Crippen LogP) is 0.885. The van der Waals surface area contributed by atoms with Gasteiger partial charge in [-0.05, 0) is 13.8 Å². The molecule has 0 heterocycles. The van der Waals surface area contributed by atoms with Crippen LogP contribution in [0.3, 0.4) is 0 Å². The molecule has 0 saturated carbocycles. The summed E-state index contributed by atoms with van der Waals surface area (Å²) in [5, 5.41) is 0. The van der Waals surface area contributed by atoms with Crippen LogP contribution in [0.5, 0.6) is 0 Å². The van der Waals surface area contributed by atoms with E-state index in [1.807, 2.05) is 13.8 Å². The molecule has 0 unspecified atom stereocenters. The van der Waals surface area contributed by atoms with Gasteiger partial charge in [0.1, 0.15) is 0 Å². The molecule has 0 fully saturated rings. The van der Waals surface area contributed by atoms with Crippen molar-refractivity contribution in [2.75, 3.05) is 7.11 Å². The minimum atomic E-state index is 0. The summed E-state index contributed by atoms with van der Waals surface area (Å²) in [4.78, 5) is 0. The molecular formula is C4H12MgO. The van der Waals surface area contributed by atoms with Gasteiger partial charge in [0.15, 0.2) is 0 Å². The van der Waals surface area contributed by atoms with Gasteiger partial charge in [-0.2, -0.15) is 0 Å². The van der Waals surface area contributed by atoms with E-state index in [1.165, 1.54) is 0 Å². The van der Waals surface area contributed by atoms with Crippen molar-refractivity contribution in [1.29, 1.82) is 0 Å². The molecule has 0 aliphatic carbocycles. The maximum atomic E-state index is 4.75. The second-order valence-corrected chi connectivity index (χ2v) is 1.28. The first kappa shape index (κ1) is 9.87. The Kier molecular flexibility index (Phi) is 9.42. The maximum absolute atomic E-state index is 4.75. The van der Waals surface area contributed by atoms with Crippen LogP contribution in [0.15, 0.2) is 0 Å². The predicted molar refractivity (Wildman–Crippen MR) is 30.1 cm³/mol. The fraction of sp³-hybridized carbons (Fsp3) is 1.00. The summed E-state index contributed by atoms with van der Waals surface area (Å²) in [6.07, 6.45) is 0.384. The van der Waals surface area contributed by atoms with E-state index in [-0.39, 0.29) is 25.9 Å². The summed E-state index contributed by atoms with van der Waals surface area (Å²) in [6, 6.07) is 0.